The molecule has 0 aliphatic carbocycles. The summed E-state index contributed by atoms with van der Waals surface area (Å²) in [4.78, 5) is 12.2. The monoisotopic (exact) mass is 388 g/mol. The van der Waals surface area contributed by atoms with E-state index < -0.39 is 5.97 Å². The van der Waals surface area contributed by atoms with Crippen LogP contribution in [0.3, 0.4) is 0 Å². The van der Waals surface area contributed by atoms with E-state index in [1.165, 1.54) is 10.9 Å². The van der Waals surface area contributed by atoms with Gasteiger partial charge in [0.15, 0.2) is 0 Å². The van der Waals surface area contributed by atoms with Crippen LogP contribution in [0.15, 0.2) is 78.1 Å². The molecular weight excluding hydrogens is 372 g/mol. The van der Waals surface area contributed by atoms with E-state index >= 15 is 0 Å². The molecule has 0 radical (unpaired) electrons. The van der Waals surface area contributed by atoms with Crippen LogP contribution in [-0.4, -0.2) is 31.3 Å². The second kappa shape index (κ2) is 8.17. The number of nitrogens with one attached hydrogen (secondary N) is 1. The summed E-state index contributed by atoms with van der Waals surface area (Å²) in [5.74, 6) is 0.123. The van der Waals surface area contributed by atoms with Crippen molar-refractivity contribution in [2.45, 2.75) is 6.61 Å². The van der Waals surface area contributed by atoms with Gasteiger partial charge in [-0.05, 0) is 28.0 Å². The first-order valence-electron chi connectivity index (χ1n) is 8.68. The van der Waals surface area contributed by atoms with Crippen molar-refractivity contribution in [2.24, 2.45) is 0 Å². The highest BCUT2D eigenvalue weighted by Crippen LogP contribution is 2.21. The lowest BCUT2D eigenvalue weighted by molar-refractivity contribution is 0.0465. The van der Waals surface area contributed by atoms with Gasteiger partial charge in [-0.15, -0.1) is 5.10 Å². The average Bonchev–Trinajstić information content (AvgIpc) is 3.42. The van der Waals surface area contributed by atoms with Crippen molar-refractivity contribution < 1.29 is 14.2 Å². The summed E-state index contributed by atoms with van der Waals surface area (Å²) < 4.78 is 11.6. The number of carbonyl (C=O) groups excluding carboxylic acids is 1. The lowest BCUT2D eigenvalue weighted by atomic mass is 10.2. The fourth-order valence-electron chi connectivity index (χ4n) is 2.59. The van der Waals surface area contributed by atoms with Gasteiger partial charge in [0.25, 0.3) is 0 Å². The quantitative estimate of drug-likeness (QED) is 0.481. The molecule has 0 aliphatic rings. The van der Waals surface area contributed by atoms with Gasteiger partial charge < -0.3 is 10.1 Å². The van der Waals surface area contributed by atoms with Crippen LogP contribution in [0.4, 0.5) is 5.82 Å². The van der Waals surface area contributed by atoms with Crippen molar-refractivity contribution in [2.75, 3.05) is 5.32 Å². The topological polar surface area (TPSA) is 108 Å². The molecule has 0 spiro atoms. The van der Waals surface area contributed by atoms with E-state index in [2.05, 4.69) is 32.5 Å². The molecule has 0 bridgehead atoms. The number of carbonyl (C=O) groups is 1. The molecule has 1 N–H and O–H groups in total. The van der Waals surface area contributed by atoms with Crippen molar-refractivity contribution in [3.05, 3.63) is 90.3 Å². The van der Waals surface area contributed by atoms with Gasteiger partial charge in [0.2, 0.25) is 11.6 Å². The Hall–Kier alpha value is -4.27. The summed E-state index contributed by atoms with van der Waals surface area (Å²) in [6, 6.07) is 18.2. The van der Waals surface area contributed by atoms with Gasteiger partial charge in [-0.3, -0.25) is 0 Å². The van der Waals surface area contributed by atoms with Crippen LogP contribution in [0.2, 0.25) is 0 Å². The molecule has 9 heteroatoms. The number of ether oxygens (including phenoxy) is 1. The van der Waals surface area contributed by atoms with Crippen LogP contribution in [0.1, 0.15) is 21.6 Å². The highest BCUT2D eigenvalue weighted by molar-refractivity contribution is 5.89. The minimum absolute atomic E-state index is 0.0489. The number of hydrogen-bond acceptors (Lipinski definition) is 8. The third kappa shape index (κ3) is 4.03. The highest BCUT2D eigenvalue weighted by atomic mass is 16.6. The second-order valence-electron chi connectivity index (χ2n) is 5.99. The Balaban J connectivity index is 1.50. The van der Waals surface area contributed by atoms with E-state index in [0.29, 0.717) is 22.8 Å². The first-order valence-corrected chi connectivity index (χ1v) is 8.68. The maximum Gasteiger partial charge on any atom is 0.338 e. The van der Waals surface area contributed by atoms with Crippen LogP contribution < -0.4 is 5.32 Å². The first kappa shape index (κ1) is 18.1. The fourth-order valence-corrected chi connectivity index (χ4v) is 2.59. The minimum atomic E-state index is -0.451. The Bertz CT molecular complexity index is 1120. The van der Waals surface area contributed by atoms with E-state index in [0.717, 1.165) is 5.56 Å². The largest absolute Gasteiger partial charge is 0.456 e. The van der Waals surface area contributed by atoms with Gasteiger partial charge in [-0.2, -0.15) is 4.68 Å². The average molecular weight is 388 g/mol. The normalized spacial score (nSPS) is 10.5. The molecule has 0 aliphatic heterocycles. The number of esters is 1. The van der Waals surface area contributed by atoms with Crippen LogP contribution in [-0.2, 0) is 11.3 Å². The first-order chi connectivity index (χ1) is 14.2. The standard InChI is InChI=1S/C20H16N6O3/c1-14(15-8-4-2-5-9-15)22-18-19(24-29-23-18)26-17(12-21-25-26)13-28-20(27)16-10-6-3-7-11-16/h2-12H,1,13H2,(H,22,23). The van der Waals surface area contributed by atoms with E-state index in [4.69, 9.17) is 9.37 Å². The van der Waals surface area contributed by atoms with Crippen LogP contribution >= 0.6 is 0 Å². The van der Waals surface area contributed by atoms with E-state index in [1.807, 2.05) is 36.4 Å². The molecule has 0 amide bonds. The Morgan fingerprint density at radius 3 is 2.45 bits per heavy atom. The van der Waals surface area contributed by atoms with E-state index in [9.17, 15) is 4.79 Å². The van der Waals surface area contributed by atoms with Gasteiger partial charge in [-0.25, -0.2) is 9.42 Å². The Kier molecular flexibility index (Phi) is 5.10. The third-order valence-electron chi connectivity index (χ3n) is 4.04. The van der Waals surface area contributed by atoms with Gasteiger partial charge >= 0.3 is 5.97 Å². The van der Waals surface area contributed by atoms with Crippen LogP contribution in [0.5, 0.6) is 0 Å². The number of rotatable bonds is 7. The van der Waals surface area contributed by atoms with Gasteiger partial charge in [0, 0.05) is 5.70 Å². The molecule has 0 saturated heterocycles. The van der Waals surface area contributed by atoms with Gasteiger partial charge in [0.05, 0.1) is 11.8 Å². The predicted octanol–water partition coefficient (Wildman–Crippen LogP) is 3.09. The van der Waals surface area contributed by atoms with E-state index in [1.54, 1.807) is 24.3 Å². The highest BCUT2D eigenvalue weighted by Gasteiger charge is 2.19. The molecule has 2 aromatic heterocycles. The molecular formula is C20H16N6O3. The summed E-state index contributed by atoms with van der Waals surface area (Å²) in [6.07, 6.45) is 1.47. The lowest BCUT2D eigenvalue weighted by Gasteiger charge is -2.09. The number of hydrogen-bond donors (Lipinski definition) is 1. The molecule has 0 atom stereocenters. The van der Waals surface area contributed by atoms with Crippen molar-refractivity contribution in [3.63, 3.8) is 0 Å². The summed E-state index contributed by atoms with van der Waals surface area (Å²) in [7, 11) is 0. The maximum absolute atomic E-state index is 12.2. The zero-order valence-electron chi connectivity index (χ0n) is 15.2. The molecule has 2 aromatic carbocycles. The molecule has 29 heavy (non-hydrogen) atoms. The Labute approximate surface area is 165 Å². The maximum atomic E-state index is 12.2. The summed E-state index contributed by atoms with van der Waals surface area (Å²) in [6.45, 7) is 3.95. The second-order valence-corrected chi connectivity index (χ2v) is 5.99. The predicted molar refractivity (Wildman–Crippen MR) is 104 cm³/mol. The number of aromatic nitrogens is 5. The molecule has 0 unspecified atom stereocenters. The smallest absolute Gasteiger partial charge is 0.338 e. The molecule has 4 aromatic rings. The SMILES string of the molecule is C=C(Nc1nonc1-n1nncc1COC(=O)c1ccccc1)c1ccccc1. The Morgan fingerprint density at radius 2 is 1.72 bits per heavy atom. The van der Waals surface area contributed by atoms with Crippen molar-refractivity contribution in [1.29, 1.82) is 0 Å². The van der Waals surface area contributed by atoms with E-state index in [-0.39, 0.29) is 12.4 Å². The summed E-state index contributed by atoms with van der Waals surface area (Å²) in [5.41, 5.74) is 2.45. The van der Waals surface area contributed by atoms with Crippen molar-refractivity contribution in [3.8, 4) is 5.82 Å². The number of anilines is 1. The number of nitrogens with zero attached hydrogens (tertiary/aromatic N) is 5. The Morgan fingerprint density at radius 1 is 1.03 bits per heavy atom. The lowest BCUT2D eigenvalue weighted by Crippen LogP contribution is -2.11. The zero-order valence-corrected chi connectivity index (χ0v) is 15.2. The van der Waals surface area contributed by atoms with Gasteiger partial charge in [-0.1, -0.05) is 60.3 Å². The molecule has 2 heterocycles. The minimum Gasteiger partial charge on any atom is -0.456 e. The third-order valence-corrected chi connectivity index (χ3v) is 4.04. The van der Waals surface area contributed by atoms with Crippen molar-refractivity contribution >= 4 is 17.5 Å². The van der Waals surface area contributed by atoms with Crippen molar-refractivity contribution in [1.82, 2.24) is 25.3 Å². The molecule has 4 rings (SSSR count). The summed E-state index contributed by atoms with van der Waals surface area (Å²) in [5, 5.41) is 18.7. The number of benzene rings is 2. The van der Waals surface area contributed by atoms with Gasteiger partial charge in [0.1, 0.15) is 12.3 Å². The fraction of sp³-hybridized carbons (Fsp3) is 0.0500. The molecule has 144 valence electrons. The van der Waals surface area contributed by atoms with Crippen LogP contribution in [0, 0.1) is 0 Å². The molecule has 9 nitrogen and oxygen atoms in total. The molecule has 0 fully saturated rings. The summed E-state index contributed by atoms with van der Waals surface area (Å²) >= 11 is 0. The molecule has 0 saturated carbocycles. The van der Waals surface area contributed by atoms with Crippen LogP contribution in [0.25, 0.3) is 11.5 Å². The zero-order chi connectivity index (χ0) is 20.1.